The first-order valence-corrected chi connectivity index (χ1v) is 7.02. The van der Waals surface area contributed by atoms with E-state index < -0.39 is 0 Å². The summed E-state index contributed by atoms with van der Waals surface area (Å²) in [6, 6.07) is 11.4. The normalized spacial score (nSPS) is 11.4. The molecule has 0 aromatic heterocycles. The van der Waals surface area contributed by atoms with E-state index >= 15 is 0 Å². The van der Waals surface area contributed by atoms with Gasteiger partial charge in [0.1, 0.15) is 11.6 Å². The molecule has 0 amide bonds. The molecule has 0 atom stereocenters. The fourth-order valence-electron chi connectivity index (χ4n) is 1.94. The standard InChI is InChI=1S/C17H19F2N3/c1-12-3-4-14(9-16(12)19)11-22-17(20-2)21-10-13-5-7-15(18)8-6-13/h3-9H,10-11H2,1-2H3,(H2,20,21,22). The molecule has 2 aromatic carbocycles. The topological polar surface area (TPSA) is 36.4 Å². The molecule has 5 heteroatoms. The summed E-state index contributed by atoms with van der Waals surface area (Å²) in [7, 11) is 1.66. The lowest BCUT2D eigenvalue weighted by molar-refractivity contribution is 0.615. The SMILES string of the molecule is CN=C(NCc1ccc(F)cc1)NCc1ccc(C)c(F)c1. The number of hydrogen-bond donors (Lipinski definition) is 2. The molecule has 0 unspecified atom stereocenters. The number of aliphatic imine (C=N–C) groups is 1. The quantitative estimate of drug-likeness (QED) is 0.672. The summed E-state index contributed by atoms with van der Waals surface area (Å²) < 4.78 is 26.3. The number of nitrogens with one attached hydrogen (secondary N) is 2. The molecule has 0 fully saturated rings. The third-order valence-corrected chi connectivity index (χ3v) is 3.29. The van der Waals surface area contributed by atoms with Gasteiger partial charge in [0.25, 0.3) is 0 Å². The van der Waals surface area contributed by atoms with Crippen LogP contribution in [0.3, 0.4) is 0 Å². The van der Waals surface area contributed by atoms with Crippen LogP contribution in [0.5, 0.6) is 0 Å². The monoisotopic (exact) mass is 303 g/mol. The average Bonchev–Trinajstić information content (AvgIpc) is 2.52. The molecular weight excluding hydrogens is 284 g/mol. The van der Waals surface area contributed by atoms with Crippen LogP contribution in [0.1, 0.15) is 16.7 Å². The molecule has 22 heavy (non-hydrogen) atoms. The molecule has 0 saturated carbocycles. The predicted octanol–water partition coefficient (Wildman–Crippen LogP) is 3.14. The fraction of sp³-hybridized carbons (Fsp3) is 0.235. The highest BCUT2D eigenvalue weighted by atomic mass is 19.1. The van der Waals surface area contributed by atoms with Gasteiger partial charge in [0.05, 0.1) is 0 Å². The minimum atomic E-state index is -0.257. The zero-order valence-electron chi connectivity index (χ0n) is 12.7. The summed E-state index contributed by atoms with van der Waals surface area (Å²) in [5.74, 6) is 0.131. The molecular formula is C17H19F2N3. The molecule has 0 saturated heterocycles. The second kappa shape index (κ2) is 7.54. The highest BCUT2D eigenvalue weighted by Crippen LogP contribution is 2.08. The molecule has 3 nitrogen and oxygen atoms in total. The molecule has 0 spiro atoms. The first kappa shape index (κ1) is 15.9. The second-order valence-electron chi connectivity index (χ2n) is 4.99. The van der Waals surface area contributed by atoms with Crippen molar-refractivity contribution in [1.29, 1.82) is 0 Å². The van der Waals surface area contributed by atoms with Crippen molar-refractivity contribution in [2.75, 3.05) is 7.05 Å². The van der Waals surface area contributed by atoms with E-state index in [2.05, 4.69) is 15.6 Å². The average molecular weight is 303 g/mol. The van der Waals surface area contributed by atoms with Crippen LogP contribution in [0.15, 0.2) is 47.5 Å². The molecule has 116 valence electrons. The maximum absolute atomic E-state index is 13.5. The minimum absolute atomic E-state index is 0.214. The fourth-order valence-corrected chi connectivity index (χ4v) is 1.94. The summed E-state index contributed by atoms with van der Waals surface area (Å²) in [5, 5.41) is 6.24. The first-order valence-electron chi connectivity index (χ1n) is 7.02. The highest BCUT2D eigenvalue weighted by molar-refractivity contribution is 5.79. The number of rotatable bonds is 4. The molecule has 0 aliphatic heterocycles. The van der Waals surface area contributed by atoms with E-state index in [0.717, 1.165) is 11.1 Å². The maximum Gasteiger partial charge on any atom is 0.191 e. The van der Waals surface area contributed by atoms with E-state index in [1.54, 1.807) is 32.2 Å². The Morgan fingerprint density at radius 2 is 1.55 bits per heavy atom. The summed E-state index contributed by atoms with van der Waals surface area (Å²) in [4.78, 5) is 4.10. The van der Waals surface area contributed by atoms with Gasteiger partial charge in [0.15, 0.2) is 5.96 Å². The van der Waals surface area contributed by atoms with Crippen molar-refractivity contribution in [3.63, 3.8) is 0 Å². The lowest BCUT2D eigenvalue weighted by atomic mass is 10.1. The lowest BCUT2D eigenvalue weighted by Gasteiger charge is -2.12. The highest BCUT2D eigenvalue weighted by Gasteiger charge is 2.02. The molecule has 2 aromatic rings. The van der Waals surface area contributed by atoms with Gasteiger partial charge in [0.2, 0.25) is 0 Å². The van der Waals surface area contributed by atoms with Crippen LogP contribution in [0, 0.1) is 18.6 Å². The summed E-state index contributed by atoms with van der Waals surface area (Å²) >= 11 is 0. The molecule has 0 radical (unpaired) electrons. The van der Waals surface area contributed by atoms with Gasteiger partial charge in [-0.3, -0.25) is 4.99 Å². The Morgan fingerprint density at radius 1 is 0.955 bits per heavy atom. The van der Waals surface area contributed by atoms with Crippen molar-refractivity contribution in [2.45, 2.75) is 20.0 Å². The van der Waals surface area contributed by atoms with Crippen molar-refractivity contribution >= 4 is 5.96 Å². The predicted molar refractivity (Wildman–Crippen MR) is 84.6 cm³/mol. The van der Waals surface area contributed by atoms with E-state index in [0.29, 0.717) is 24.6 Å². The van der Waals surface area contributed by atoms with Gasteiger partial charge in [-0.25, -0.2) is 8.78 Å². The van der Waals surface area contributed by atoms with E-state index in [1.165, 1.54) is 18.2 Å². The van der Waals surface area contributed by atoms with Crippen molar-refractivity contribution < 1.29 is 8.78 Å². The molecule has 0 bridgehead atoms. The molecule has 0 heterocycles. The van der Waals surface area contributed by atoms with Crippen LogP contribution in [0.4, 0.5) is 8.78 Å². The molecule has 2 rings (SSSR count). The van der Waals surface area contributed by atoms with Crippen LogP contribution in [0.2, 0.25) is 0 Å². The Bertz CT molecular complexity index is 651. The van der Waals surface area contributed by atoms with Gasteiger partial charge >= 0.3 is 0 Å². The summed E-state index contributed by atoms with van der Waals surface area (Å²) in [5.41, 5.74) is 2.42. The Hall–Kier alpha value is -2.43. The summed E-state index contributed by atoms with van der Waals surface area (Å²) in [6.45, 7) is 2.73. The van der Waals surface area contributed by atoms with E-state index in [-0.39, 0.29) is 11.6 Å². The third-order valence-electron chi connectivity index (χ3n) is 3.29. The molecule has 2 N–H and O–H groups in total. The lowest BCUT2D eigenvalue weighted by Crippen LogP contribution is -2.36. The second-order valence-corrected chi connectivity index (χ2v) is 4.99. The third kappa shape index (κ3) is 4.55. The number of aryl methyl sites for hydroxylation is 1. The number of benzene rings is 2. The van der Waals surface area contributed by atoms with Gasteiger partial charge in [0, 0.05) is 20.1 Å². The number of halogens is 2. The first-order chi connectivity index (χ1) is 10.6. The molecule has 0 aliphatic carbocycles. The van der Waals surface area contributed by atoms with E-state index in [9.17, 15) is 8.78 Å². The van der Waals surface area contributed by atoms with Crippen LogP contribution in [-0.2, 0) is 13.1 Å². The Morgan fingerprint density at radius 3 is 2.14 bits per heavy atom. The van der Waals surface area contributed by atoms with Gasteiger partial charge in [-0.15, -0.1) is 0 Å². The van der Waals surface area contributed by atoms with Crippen LogP contribution < -0.4 is 10.6 Å². The largest absolute Gasteiger partial charge is 0.352 e. The van der Waals surface area contributed by atoms with Gasteiger partial charge < -0.3 is 10.6 Å². The summed E-state index contributed by atoms with van der Waals surface area (Å²) in [6.07, 6.45) is 0. The van der Waals surface area contributed by atoms with Gasteiger partial charge in [-0.2, -0.15) is 0 Å². The molecule has 0 aliphatic rings. The van der Waals surface area contributed by atoms with Crippen molar-refractivity contribution in [2.24, 2.45) is 4.99 Å². The van der Waals surface area contributed by atoms with Gasteiger partial charge in [-0.05, 0) is 41.8 Å². The van der Waals surface area contributed by atoms with E-state index in [1.807, 2.05) is 6.07 Å². The number of guanidine groups is 1. The Labute approximate surface area is 129 Å². The van der Waals surface area contributed by atoms with E-state index in [4.69, 9.17) is 0 Å². The van der Waals surface area contributed by atoms with Crippen LogP contribution >= 0.6 is 0 Å². The number of nitrogens with zero attached hydrogens (tertiary/aromatic N) is 1. The zero-order valence-corrected chi connectivity index (χ0v) is 12.7. The van der Waals surface area contributed by atoms with Crippen molar-refractivity contribution in [1.82, 2.24) is 10.6 Å². The smallest absolute Gasteiger partial charge is 0.191 e. The maximum atomic E-state index is 13.5. The minimum Gasteiger partial charge on any atom is -0.352 e. The van der Waals surface area contributed by atoms with Crippen LogP contribution in [0.25, 0.3) is 0 Å². The Kier molecular flexibility index (Phi) is 5.47. The van der Waals surface area contributed by atoms with Crippen molar-refractivity contribution in [3.05, 3.63) is 70.8 Å². The zero-order chi connectivity index (χ0) is 15.9. The Balaban J connectivity index is 1.87. The van der Waals surface area contributed by atoms with Crippen molar-refractivity contribution in [3.8, 4) is 0 Å². The van der Waals surface area contributed by atoms with Crippen LogP contribution in [-0.4, -0.2) is 13.0 Å². The van der Waals surface area contributed by atoms with Gasteiger partial charge in [-0.1, -0.05) is 24.3 Å². The number of hydrogen-bond acceptors (Lipinski definition) is 1.